The van der Waals surface area contributed by atoms with Crippen LogP contribution in [0.15, 0.2) is 23.1 Å². The number of carbonyl (C=O) groups is 2. The average molecular weight is 266 g/mol. The van der Waals surface area contributed by atoms with E-state index in [-0.39, 0.29) is 18.2 Å². The Balaban J connectivity index is 2.38. The highest BCUT2D eigenvalue weighted by molar-refractivity contribution is 8.00. The first-order valence-corrected chi connectivity index (χ1v) is 6.51. The second-order valence-corrected chi connectivity index (χ2v) is 5.16. The minimum Gasteiger partial charge on any atom is -0.389 e. The summed E-state index contributed by atoms with van der Waals surface area (Å²) in [4.78, 5) is 25.0. The van der Waals surface area contributed by atoms with E-state index < -0.39 is 12.0 Å². The minimum absolute atomic E-state index is 0.111. The lowest BCUT2D eigenvalue weighted by Gasteiger charge is -2.28. The number of thioether (sulfide) groups is 1. The summed E-state index contributed by atoms with van der Waals surface area (Å²) in [6.45, 7) is 1.57. The number of hydrogen-bond acceptors (Lipinski definition) is 4. The van der Waals surface area contributed by atoms with Crippen LogP contribution in [0, 0.1) is 0 Å². The topological polar surface area (TPSA) is 83.6 Å². The van der Waals surface area contributed by atoms with Gasteiger partial charge in [0.1, 0.15) is 6.54 Å². The van der Waals surface area contributed by atoms with Gasteiger partial charge >= 0.3 is 0 Å². The first-order valence-electron chi connectivity index (χ1n) is 5.52. The van der Waals surface area contributed by atoms with Gasteiger partial charge in [-0.25, -0.2) is 0 Å². The molecule has 0 fully saturated rings. The molecule has 1 heterocycles. The number of aliphatic hydroxyl groups is 1. The Labute approximate surface area is 109 Å². The molecule has 5 nitrogen and oxygen atoms in total. The fraction of sp³-hybridized carbons (Fsp3) is 0.333. The van der Waals surface area contributed by atoms with Crippen molar-refractivity contribution in [2.24, 2.45) is 5.73 Å². The molecule has 1 aliphatic rings. The highest BCUT2D eigenvalue weighted by atomic mass is 32.2. The van der Waals surface area contributed by atoms with Crippen molar-refractivity contribution in [1.29, 1.82) is 0 Å². The van der Waals surface area contributed by atoms with Crippen molar-refractivity contribution in [3.63, 3.8) is 0 Å². The summed E-state index contributed by atoms with van der Waals surface area (Å²) in [5, 5.41) is 9.52. The van der Waals surface area contributed by atoms with Crippen LogP contribution in [0.3, 0.4) is 0 Å². The summed E-state index contributed by atoms with van der Waals surface area (Å²) in [6, 6.07) is 5.33. The normalized spacial score (nSPS) is 16.3. The maximum absolute atomic E-state index is 11.8. The van der Waals surface area contributed by atoms with E-state index in [4.69, 9.17) is 5.73 Å². The number of aliphatic hydroxyl groups excluding tert-OH is 1. The molecular formula is C12H14N2O3S. The van der Waals surface area contributed by atoms with E-state index >= 15 is 0 Å². The Morgan fingerprint density at radius 2 is 2.33 bits per heavy atom. The van der Waals surface area contributed by atoms with Gasteiger partial charge < -0.3 is 15.7 Å². The zero-order valence-electron chi connectivity index (χ0n) is 9.92. The maximum Gasteiger partial charge on any atom is 0.237 e. The number of rotatable bonds is 3. The number of nitrogens with two attached hydrogens (primary N) is 1. The lowest BCUT2D eigenvalue weighted by atomic mass is 10.1. The molecule has 1 aromatic rings. The van der Waals surface area contributed by atoms with Gasteiger partial charge in [0.2, 0.25) is 11.8 Å². The SMILES string of the molecule is CC(O)c1ccc2c(c1)SCC(=O)N2CC(N)=O. The van der Waals surface area contributed by atoms with E-state index in [0.717, 1.165) is 10.5 Å². The Hall–Kier alpha value is -1.53. The number of anilines is 1. The van der Waals surface area contributed by atoms with Crippen LogP contribution in [0.25, 0.3) is 0 Å². The van der Waals surface area contributed by atoms with Gasteiger partial charge in [0.15, 0.2) is 0 Å². The van der Waals surface area contributed by atoms with Crippen molar-refractivity contribution in [3.8, 4) is 0 Å². The molecule has 0 saturated heterocycles. The van der Waals surface area contributed by atoms with Crippen LogP contribution in [-0.2, 0) is 9.59 Å². The predicted molar refractivity (Wildman–Crippen MR) is 69.3 cm³/mol. The van der Waals surface area contributed by atoms with Crippen molar-refractivity contribution < 1.29 is 14.7 Å². The van der Waals surface area contributed by atoms with Crippen LogP contribution in [-0.4, -0.2) is 29.2 Å². The zero-order chi connectivity index (χ0) is 13.3. The smallest absolute Gasteiger partial charge is 0.237 e. The molecule has 3 N–H and O–H groups in total. The van der Waals surface area contributed by atoms with Gasteiger partial charge in [0, 0.05) is 4.90 Å². The Morgan fingerprint density at radius 1 is 1.61 bits per heavy atom. The summed E-state index contributed by atoms with van der Waals surface area (Å²) in [5.41, 5.74) is 6.61. The molecule has 0 aliphatic carbocycles. The van der Waals surface area contributed by atoms with Crippen molar-refractivity contribution in [1.82, 2.24) is 0 Å². The molecule has 2 amide bonds. The van der Waals surface area contributed by atoms with Crippen LogP contribution in [0.1, 0.15) is 18.6 Å². The van der Waals surface area contributed by atoms with Gasteiger partial charge in [0.25, 0.3) is 0 Å². The monoisotopic (exact) mass is 266 g/mol. The van der Waals surface area contributed by atoms with Crippen LogP contribution in [0.2, 0.25) is 0 Å². The largest absolute Gasteiger partial charge is 0.389 e. The third-order valence-corrected chi connectivity index (χ3v) is 3.75. The number of benzene rings is 1. The molecule has 1 unspecified atom stereocenters. The number of primary amides is 1. The molecule has 1 atom stereocenters. The third kappa shape index (κ3) is 2.49. The van der Waals surface area contributed by atoms with E-state index in [9.17, 15) is 14.7 Å². The molecular weight excluding hydrogens is 252 g/mol. The molecule has 18 heavy (non-hydrogen) atoms. The standard InChI is InChI=1S/C12H14N2O3S/c1-7(15)8-2-3-9-10(4-8)18-6-12(17)14(9)5-11(13)16/h2-4,7,15H,5-6H2,1H3,(H2,13,16). The molecule has 0 radical (unpaired) electrons. The average Bonchev–Trinajstić information content (AvgIpc) is 2.31. The van der Waals surface area contributed by atoms with Crippen LogP contribution in [0.5, 0.6) is 0 Å². The van der Waals surface area contributed by atoms with Crippen molar-refractivity contribution in [2.45, 2.75) is 17.9 Å². The first-order chi connectivity index (χ1) is 8.49. The van der Waals surface area contributed by atoms with Crippen LogP contribution >= 0.6 is 11.8 Å². The molecule has 0 aromatic heterocycles. The summed E-state index contributed by atoms with van der Waals surface area (Å²) < 4.78 is 0. The molecule has 96 valence electrons. The molecule has 2 rings (SSSR count). The number of nitrogens with zero attached hydrogens (tertiary/aromatic N) is 1. The van der Waals surface area contributed by atoms with Crippen molar-refractivity contribution in [3.05, 3.63) is 23.8 Å². The van der Waals surface area contributed by atoms with Crippen LogP contribution in [0.4, 0.5) is 5.69 Å². The minimum atomic E-state index is -0.557. The molecule has 0 spiro atoms. The maximum atomic E-state index is 11.8. The quantitative estimate of drug-likeness (QED) is 0.842. The van der Waals surface area contributed by atoms with E-state index in [1.54, 1.807) is 19.1 Å². The zero-order valence-corrected chi connectivity index (χ0v) is 10.7. The van der Waals surface area contributed by atoms with E-state index in [1.807, 2.05) is 6.07 Å². The summed E-state index contributed by atoms with van der Waals surface area (Å²) in [6.07, 6.45) is -0.557. The van der Waals surface area contributed by atoms with Gasteiger partial charge in [-0.1, -0.05) is 6.07 Å². The molecule has 1 aliphatic heterocycles. The Bertz CT molecular complexity index is 502. The highest BCUT2D eigenvalue weighted by Crippen LogP contribution is 2.36. The van der Waals surface area contributed by atoms with E-state index in [0.29, 0.717) is 5.69 Å². The Kier molecular flexibility index (Phi) is 3.58. The summed E-state index contributed by atoms with van der Waals surface area (Å²) in [7, 11) is 0. The molecule has 0 saturated carbocycles. The second-order valence-electron chi connectivity index (χ2n) is 4.14. The van der Waals surface area contributed by atoms with Crippen LogP contribution < -0.4 is 10.6 Å². The summed E-state index contributed by atoms with van der Waals surface area (Å²) in [5.74, 6) is -0.388. The fourth-order valence-corrected chi connectivity index (χ4v) is 2.79. The lowest BCUT2D eigenvalue weighted by molar-refractivity contribution is -0.121. The third-order valence-electron chi connectivity index (χ3n) is 2.72. The fourth-order valence-electron chi connectivity index (χ4n) is 1.81. The highest BCUT2D eigenvalue weighted by Gasteiger charge is 2.26. The lowest BCUT2D eigenvalue weighted by Crippen LogP contribution is -2.41. The molecule has 6 heteroatoms. The van der Waals surface area contributed by atoms with Gasteiger partial charge in [0.05, 0.1) is 17.5 Å². The van der Waals surface area contributed by atoms with Gasteiger partial charge in [-0.3, -0.25) is 9.59 Å². The number of amides is 2. The van der Waals surface area contributed by atoms with Gasteiger partial charge in [-0.2, -0.15) is 0 Å². The number of fused-ring (bicyclic) bond motifs is 1. The van der Waals surface area contributed by atoms with Crippen molar-refractivity contribution in [2.75, 3.05) is 17.2 Å². The van der Waals surface area contributed by atoms with Gasteiger partial charge in [-0.15, -0.1) is 11.8 Å². The summed E-state index contributed by atoms with van der Waals surface area (Å²) >= 11 is 1.40. The molecule has 1 aromatic carbocycles. The van der Waals surface area contributed by atoms with Gasteiger partial charge in [-0.05, 0) is 24.6 Å². The Morgan fingerprint density at radius 3 is 2.94 bits per heavy atom. The number of hydrogen-bond donors (Lipinski definition) is 2. The van der Waals surface area contributed by atoms with E-state index in [1.165, 1.54) is 16.7 Å². The van der Waals surface area contributed by atoms with E-state index in [2.05, 4.69) is 0 Å². The second kappa shape index (κ2) is 4.99. The predicted octanol–water partition coefficient (Wildman–Crippen LogP) is 0.664. The first kappa shape index (κ1) is 12.9. The number of carbonyl (C=O) groups excluding carboxylic acids is 2. The van der Waals surface area contributed by atoms with Crippen molar-refractivity contribution >= 4 is 29.3 Å². The molecule has 0 bridgehead atoms.